The van der Waals surface area contributed by atoms with E-state index in [1.165, 1.54) is 0 Å². The van der Waals surface area contributed by atoms with Crippen molar-refractivity contribution in [1.82, 2.24) is 15.1 Å². The minimum absolute atomic E-state index is 0.00921. The average Bonchev–Trinajstić information content (AvgIpc) is 2.45. The fourth-order valence-corrected chi connectivity index (χ4v) is 1.48. The van der Waals surface area contributed by atoms with Gasteiger partial charge in [-0.1, -0.05) is 20.8 Å². The first-order valence-electron chi connectivity index (χ1n) is 5.10. The first kappa shape index (κ1) is 11.8. The van der Waals surface area contributed by atoms with Crippen LogP contribution in [-0.2, 0) is 16.8 Å². The summed E-state index contributed by atoms with van der Waals surface area (Å²) < 4.78 is 1.77. The molecular formula is C11H19N3O. The molecule has 1 aromatic heterocycles. The summed E-state index contributed by atoms with van der Waals surface area (Å²) in [7, 11) is 1.63. The van der Waals surface area contributed by atoms with Crippen molar-refractivity contribution in [2.24, 2.45) is 0 Å². The van der Waals surface area contributed by atoms with Gasteiger partial charge in [-0.25, -0.2) is 0 Å². The molecule has 1 aromatic rings. The molecule has 0 saturated carbocycles. The highest BCUT2D eigenvalue weighted by Crippen LogP contribution is 2.22. The van der Waals surface area contributed by atoms with Crippen molar-refractivity contribution < 1.29 is 4.79 Å². The summed E-state index contributed by atoms with van der Waals surface area (Å²) in [5.41, 5.74) is 2.04. The molecule has 15 heavy (non-hydrogen) atoms. The van der Waals surface area contributed by atoms with Crippen LogP contribution >= 0.6 is 0 Å². The molecule has 0 radical (unpaired) electrons. The van der Waals surface area contributed by atoms with Crippen molar-refractivity contribution in [2.45, 2.75) is 39.7 Å². The van der Waals surface area contributed by atoms with E-state index in [-0.39, 0.29) is 17.9 Å². The van der Waals surface area contributed by atoms with E-state index in [2.05, 4.69) is 31.2 Å². The maximum Gasteiger partial charge on any atom is 0.241 e. The molecule has 0 aliphatic rings. The van der Waals surface area contributed by atoms with Crippen molar-refractivity contribution in [3.63, 3.8) is 0 Å². The Hall–Kier alpha value is -1.32. The largest absolute Gasteiger partial charge is 0.358 e. The van der Waals surface area contributed by atoms with Gasteiger partial charge < -0.3 is 5.32 Å². The number of hydrogen-bond acceptors (Lipinski definition) is 2. The summed E-state index contributed by atoms with van der Waals surface area (Å²) >= 11 is 0. The third kappa shape index (κ3) is 2.81. The topological polar surface area (TPSA) is 46.9 Å². The predicted molar refractivity (Wildman–Crippen MR) is 59.7 cm³/mol. The van der Waals surface area contributed by atoms with Gasteiger partial charge in [0.1, 0.15) is 6.54 Å². The van der Waals surface area contributed by atoms with E-state index in [1.54, 1.807) is 11.7 Å². The lowest BCUT2D eigenvalue weighted by atomic mass is 9.92. The Balaban J connectivity index is 3.02. The van der Waals surface area contributed by atoms with Gasteiger partial charge in [0.05, 0.1) is 5.69 Å². The number of aromatic nitrogens is 2. The van der Waals surface area contributed by atoms with Crippen molar-refractivity contribution >= 4 is 5.91 Å². The molecule has 0 aliphatic carbocycles. The van der Waals surface area contributed by atoms with E-state index < -0.39 is 0 Å². The van der Waals surface area contributed by atoms with Crippen LogP contribution in [0.4, 0.5) is 0 Å². The first-order valence-corrected chi connectivity index (χ1v) is 5.10. The van der Waals surface area contributed by atoms with Crippen molar-refractivity contribution in [3.05, 3.63) is 17.5 Å². The molecule has 0 bridgehead atoms. The molecule has 0 fully saturated rings. The van der Waals surface area contributed by atoms with Gasteiger partial charge in [-0.3, -0.25) is 9.48 Å². The fraction of sp³-hybridized carbons (Fsp3) is 0.636. The molecule has 0 spiro atoms. The predicted octanol–water partition coefficient (Wildman–Crippen LogP) is 1.24. The molecule has 4 heteroatoms. The van der Waals surface area contributed by atoms with Crippen LogP contribution in [0.1, 0.15) is 32.2 Å². The van der Waals surface area contributed by atoms with Crippen molar-refractivity contribution in [2.75, 3.05) is 7.05 Å². The van der Waals surface area contributed by atoms with Crippen LogP contribution in [0.3, 0.4) is 0 Å². The molecule has 0 aromatic carbocycles. The van der Waals surface area contributed by atoms with E-state index >= 15 is 0 Å². The lowest BCUT2D eigenvalue weighted by Crippen LogP contribution is -2.27. The SMILES string of the molecule is CNC(=O)Cn1nc(C)cc1C(C)(C)C. The number of likely N-dealkylation sites (N-methyl/N-ethyl adjacent to an activating group) is 1. The molecule has 1 heterocycles. The van der Waals surface area contributed by atoms with Gasteiger partial charge in [-0.15, -0.1) is 0 Å². The summed E-state index contributed by atoms with van der Waals surface area (Å²) in [6, 6.07) is 2.03. The summed E-state index contributed by atoms with van der Waals surface area (Å²) in [5, 5.41) is 6.92. The van der Waals surface area contributed by atoms with Gasteiger partial charge in [0.2, 0.25) is 5.91 Å². The zero-order valence-electron chi connectivity index (χ0n) is 10.1. The lowest BCUT2D eigenvalue weighted by Gasteiger charge is -2.19. The second-order valence-electron chi connectivity index (χ2n) is 4.75. The number of rotatable bonds is 2. The van der Waals surface area contributed by atoms with Gasteiger partial charge in [-0.2, -0.15) is 5.10 Å². The number of nitrogens with one attached hydrogen (secondary N) is 1. The molecule has 0 atom stereocenters. The number of aryl methyl sites for hydroxylation is 1. The number of amides is 1. The molecular weight excluding hydrogens is 190 g/mol. The Kier molecular flexibility index (Phi) is 3.17. The lowest BCUT2D eigenvalue weighted by molar-refractivity contribution is -0.121. The first-order chi connectivity index (χ1) is 6.84. The third-order valence-electron chi connectivity index (χ3n) is 2.24. The minimum Gasteiger partial charge on any atom is -0.358 e. The average molecular weight is 209 g/mol. The number of carbonyl (C=O) groups excluding carboxylic acids is 1. The van der Waals surface area contributed by atoms with E-state index in [4.69, 9.17) is 0 Å². The minimum atomic E-state index is -0.0244. The van der Waals surface area contributed by atoms with E-state index in [0.717, 1.165) is 11.4 Å². The smallest absolute Gasteiger partial charge is 0.241 e. The molecule has 1 rings (SSSR count). The molecule has 4 nitrogen and oxygen atoms in total. The van der Waals surface area contributed by atoms with Crippen LogP contribution in [0.15, 0.2) is 6.07 Å². The third-order valence-corrected chi connectivity index (χ3v) is 2.24. The summed E-state index contributed by atoms with van der Waals surface area (Å²) in [4.78, 5) is 11.3. The second kappa shape index (κ2) is 4.04. The van der Waals surface area contributed by atoms with Gasteiger partial charge in [0, 0.05) is 18.2 Å². The highest BCUT2D eigenvalue weighted by molar-refractivity contribution is 5.75. The molecule has 1 N–H and O–H groups in total. The monoisotopic (exact) mass is 209 g/mol. The standard InChI is InChI=1S/C11H19N3O/c1-8-6-9(11(2,3)4)14(13-8)7-10(15)12-5/h6H,7H2,1-5H3,(H,12,15). The second-order valence-corrected chi connectivity index (χ2v) is 4.75. The Labute approximate surface area is 90.7 Å². The van der Waals surface area contributed by atoms with Crippen LogP contribution in [0.2, 0.25) is 0 Å². The molecule has 0 saturated heterocycles. The molecule has 0 unspecified atom stereocenters. The maximum atomic E-state index is 11.3. The maximum absolute atomic E-state index is 11.3. The van der Waals surface area contributed by atoms with Gasteiger partial charge in [-0.05, 0) is 13.0 Å². The van der Waals surface area contributed by atoms with Crippen molar-refractivity contribution in [3.8, 4) is 0 Å². The Morgan fingerprint density at radius 1 is 1.53 bits per heavy atom. The van der Waals surface area contributed by atoms with Crippen LogP contribution in [0.25, 0.3) is 0 Å². The fourth-order valence-electron chi connectivity index (χ4n) is 1.48. The summed E-state index contributed by atoms with van der Waals surface area (Å²) in [5.74, 6) is -0.0244. The molecule has 1 amide bonds. The van der Waals surface area contributed by atoms with Gasteiger partial charge >= 0.3 is 0 Å². The summed E-state index contributed by atoms with van der Waals surface area (Å²) in [6.45, 7) is 8.57. The van der Waals surface area contributed by atoms with E-state index in [0.29, 0.717) is 0 Å². The zero-order valence-corrected chi connectivity index (χ0v) is 10.1. The van der Waals surface area contributed by atoms with Gasteiger partial charge in [0.25, 0.3) is 0 Å². The van der Waals surface area contributed by atoms with Crippen LogP contribution in [-0.4, -0.2) is 22.7 Å². The number of carbonyl (C=O) groups is 1. The Morgan fingerprint density at radius 2 is 2.13 bits per heavy atom. The van der Waals surface area contributed by atoms with Crippen LogP contribution in [0, 0.1) is 6.92 Å². The quantitative estimate of drug-likeness (QED) is 0.796. The normalized spacial score (nSPS) is 11.5. The van der Waals surface area contributed by atoms with E-state index in [9.17, 15) is 4.79 Å². The highest BCUT2D eigenvalue weighted by Gasteiger charge is 2.20. The summed E-state index contributed by atoms with van der Waals surface area (Å²) in [6.07, 6.45) is 0. The Bertz CT molecular complexity index is 360. The highest BCUT2D eigenvalue weighted by atomic mass is 16.1. The van der Waals surface area contributed by atoms with Crippen LogP contribution < -0.4 is 5.32 Å². The van der Waals surface area contributed by atoms with Crippen molar-refractivity contribution in [1.29, 1.82) is 0 Å². The zero-order chi connectivity index (χ0) is 11.6. The van der Waals surface area contributed by atoms with Crippen LogP contribution in [0.5, 0.6) is 0 Å². The number of nitrogens with zero attached hydrogens (tertiary/aromatic N) is 2. The molecule has 84 valence electrons. The Morgan fingerprint density at radius 3 is 2.60 bits per heavy atom. The molecule has 0 aliphatic heterocycles. The van der Waals surface area contributed by atoms with Gasteiger partial charge in [0.15, 0.2) is 0 Å². The van der Waals surface area contributed by atoms with E-state index in [1.807, 2.05) is 13.0 Å². The number of hydrogen-bond donors (Lipinski definition) is 1.